The molecule has 1 aliphatic heterocycles. The van der Waals surface area contributed by atoms with E-state index >= 15 is 0 Å². The molecule has 3 rings (SSSR count). The van der Waals surface area contributed by atoms with Gasteiger partial charge < -0.3 is 15.1 Å². The number of hydrogen-bond acceptors (Lipinski definition) is 4. The molecule has 0 atom stereocenters. The van der Waals surface area contributed by atoms with E-state index in [0.717, 1.165) is 11.4 Å². The fourth-order valence-electron chi connectivity index (χ4n) is 2.90. The molecule has 0 radical (unpaired) electrons. The van der Waals surface area contributed by atoms with Crippen LogP contribution in [0.25, 0.3) is 0 Å². The van der Waals surface area contributed by atoms with Gasteiger partial charge in [-0.1, -0.05) is 23.7 Å². The van der Waals surface area contributed by atoms with E-state index in [4.69, 9.17) is 11.6 Å². The van der Waals surface area contributed by atoms with Gasteiger partial charge in [0, 0.05) is 43.1 Å². The van der Waals surface area contributed by atoms with Crippen LogP contribution in [0.5, 0.6) is 0 Å². The fourth-order valence-corrected chi connectivity index (χ4v) is 3.07. The number of aromatic nitrogens is 1. The molecular formula is C19H21ClN4O2. The lowest BCUT2D eigenvalue weighted by atomic mass is 10.2. The van der Waals surface area contributed by atoms with Crippen molar-refractivity contribution in [3.8, 4) is 0 Å². The second-order valence-electron chi connectivity index (χ2n) is 6.24. The molecule has 2 amide bonds. The van der Waals surface area contributed by atoms with Crippen LogP contribution in [0.15, 0.2) is 42.6 Å². The molecule has 1 saturated heterocycles. The summed E-state index contributed by atoms with van der Waals surface area (Å²) in [6.45, 7) is 4.46. The third-order valence-corrected chi connectivity index (χ3v) is 4.63. The molecule has 1 aromatic heterocycles. The van der Waals surface area contributed by atoms with Gasteiger partial charge >= 0.3 is 0 Å². The SMILES string of the molecule is Cc1ccc(Cl)cc1NC(=O)CC(=O)N1CCN(c2ccccn2)CC1. The molecule has 1 fully saturated rings. The number of piperazine rings is 1. The van der Waals surface area contributed by atoms with Gasteiger partial charge in [-0.3, -0.25) is 9.59 Å². The molecule has 1 aliphatic rings. The number of amides is 2. The highest BCUT2D eigenvalue weighted by atomic mass is 35.5. The van der Waals surface area contributed by atoms with Gasteiger partial charge in [-0.15, -0.1) is 0 Å². The molecule has 26 heavy (non-hydrogen) atoms. The van der Waals surface area contributed by atoms with Crippen molar-refractivity contribution in [1.82, 2.24) is 9.88 Å². The van der Waals surface area contributed by atoms with Crippen LogP contribution >= 0.6 is 11.6 Å². The van der Waals surface area contributed by atoms with Crippen molar-refractivity contribution in [3.63, 3.8) is 0 Å². The van der Waals surface area contributed by atoms with E-state index in [1.54, 1.807) is 23.2 Å². The standard InChI is InChI=1S/C19H21ClN4O2/c1-14-5-6-15(20)12-16(14)22-18(25)13-19(26)24-10-8-23(9-11-24)17-4-2-3-7-21-17/h2-7,12H,8-11,13H2,1H3,(H,22,25). The largest absolute Gasteiger partial charge is 0.353 e. The van der Waals surface area contributed by atoms with Gasteiger partial charge in [0.15, 0.2) is 0 Å². The zero-order chi connectivity index (χ0) is 18.5. The second-order valence-corrected chi connectivity index (χ2v) is 6.68. The maximum atomic E-state index is 12.4. The molecular weight excluding hydrogens is 352 g/mol. The van der Waals surface area contributed by atoms with E-state index in [2.05, 4.69) is 15.2 Å². The zero-order valence-corrected chi connectivity index (χ0v) is 15.4. The van der Waals surface area contributed by atoms with Gasteiger partial charge in [-0.2, -0.15) is 0 Å². The number of halogens is 1. The average Bonchev–Trinajstić information content (AvgIpc) is 2.65. The lowest BCUT2D eigenvalue weighted by molar-refractivity contribution is -0.134. The van der Waals surface area contributed by atoms with Crippen molar-refractivity contribution in [1.29, 1.82) is 0 Å². The second kappa shape index (κ2) is 8.19. The van der Waals surface area contributed by atoms with Crippen LogP contribution in [-0.2, 0) is 9.59 Å². The maximum absolute atomic E-state index is 12.4. The molecule has 136 valence electrons. The number of benzene rings is 1. The number of nitrogens with one attached hydrogen (secondary N) is 1. The number of hydrogen-bond donors (Lipinski definition) is 1. The highest BCUT2D eigenvalue weighted by Crippen LogP contribution is 2.20. The third-order valence-electron chi connectivity index (χ3n) is 4.39. The Kier molecular flexibility index (Phi) is 5.73. The van der Waals surface area contributed by atoms with Crippen LogP contribution in [0.4, 0.5) is 11.5 Å². The minimum atomic E-state index is -0.326. The third kappa shape index (κ3) is 4.52. The summed E-state index contributed by atoms with van der Waals surface area (Å²) in [5.41, 5.74) is 1.54. The van der Waals surface area contributed by atoms with Crippen LogP contribution < -0.4 is 10.2 Å². The van der Waals surface area contributed by atoms with Crippen LogP contribution in [0.2, 0.25) is 5.02 Å². The van der Waals surface area contributed by atoms with Gasteiger partial charge in [0.25, 0.3) is 0 Å². The minimum absolute atomic E-state index is 0.164. The number of carbonyl (C=O) groups is 2. The van der Waals surface area contributed by atoms with Gasteiger partial charge in [0.05, 0.1) is 0 Å². The zero-order valence-electron chi connectivity index (χ0n) is 14.6. The highest BCUT2D eigenvalue weighted by Gasteiger charge is 2.23. The predicted molar refractivity (Wildman–Crippen MR) is 102 cm³/mol. The number of rotatable bonds is 4. The van der Waals surface area contributed by atoms with E-state index in [9.17, 15) is 9.59 Å². The Labute approximate surface area is 157 Å². The Hall–Kier alpha value is -2.60. The molecule has 7 heteroatoms. The normalized spacial score (nSPS) is 14.2. The van der Waals surface area contributed by atoms with Gasteiger partial charge in [-0.25, -0.2) is 4.98 Å². The van der Waals surface area contributed by atoms with Crippen molar-refractivity contribution in [3.05, 3.63) is 53.2 Å². The summed E-state index contributed by atoms with van der Waals surface area (Å²) >= 11 is 5.96. The van der Waals surface area contributed by atoms with E-state index in [1.165, 1.54) is 0 Å². The first kappa shape index (κ1) is 18.2. The molecule has 0 saturated carbocycles. The van der Waals surface area contributed by atoms with Crippen molar-refractivity contribution >= 4 is 34.9 Å². The first-order chi connectivity index (χ1) is 12.5. The quantitative estimate of drug-likeness (QED) is 0.838. The molecule has 2 aromatic rings. The van der Waals surface area contributed by atoms with Crippen molar-refractivity contribution in [2.75, 3.05) is 36.4 Å². The highest BCUT2D eigenvalue weighted by molar-refractivity contribution is 6.31. The lowest BCUT2D eigenvalue weighted by Gasteiger charge is -2.35. The average molecular weight is 373 g/mol. The Morgan fingerprint density at radius 3 is 2.62 bits per heavy atom. The molecule has 1 N–H and O–H groups in total. The number of anilines is 2. The Balaban J connectivity index is 1.51. The Bertz CT molecular complexity index is 789. The van der Waals surface area contributed by atoms with Gasteiger partial charge in [0.1, 0.15) is 12.2 Å². The first-order valence-corrected chi connectivity index (χ1v) is 8.90. The van der Waals surface area contributed by atoms with Crippen molar-refractivity contribution in [2.45, 2.75) is 13.3 Å². The molecule has 1 aromatic carbocycles. The van der Waals surface area contributed by atoms with Crippen LogP contribution in [-0.4, -0.2) is 47.9 Å². The van der Waals surface area contributed by atoms with Gasteiger partial charge in [-0.05, 0) is 36.8 Å². The summed E-state index contributed by atoms with van der Waals surface area (Å²) in [7, 11) is 0. The fraction of sp³-hybridized carbons (Fsp3) is 0.316. The molecule has 6 nitrogen and oxygen atoms in total. The van der Waals surface area contributed by atoms with E-state index in [1.807, 2.05) is 31.2 Å². The number of pyridine rings is 1. The topological polar surface area (TPSA) is 65.5 Å². The number of carbonyl (C=O) groups excluding carboxylic acids is 2. The van der Waals surface area contributed by atoms with E-state index < -0.39 is 0 Å². The van der Waals surface area contributed by atoms with Crippen molar-refractivity contribution in [2.24, 2.45) is 0 Å². The Morgan fingerprint density at radius 1 is 1.15 bits per heavy atom. The first-order valence-electron chi connectivity index (χ1n) is 8.52. The Morgan fingerprint density at radius 2 is 1.92 bits per heavy atom. The molecule has 2 heterocycles. The molecule has 0 spiro atoms. The van der Waals surface area contributed by atoms with Crippen LogP contribution in [0.1, 0.15) is 12.0 Å². The summed E-state index contributed by atoms with van der Waals surface area (Å²) in [4.78, 5) is 32.8. The summed E-state index contributed by atoms with van der Waals surface area (Å²) in [6, 6.07) is 11.1. The van der Waals surface area contributed by atoms with E-state index in [0.29, 0.717) is 36.9 Å². The summed E-state index contributed by atoms with van der Waals surface area (Å²) in [6.07, 6.45) is 1.59. The smallest absolute Gasteiger partial charge is 0.233 e. The molecule has 0 bridgehead atoms. The summed E-state index contributed by atoms with van der Waals surface area (Å²) in [5, 5.41) is 3.31. The van der Waals surface area contributed by atoms with E-state index in [-0.39, 0.29) is 18.2 Å². The van der Waals surface area contributed by atoms with Crippen LogP contribution in [0.3, 0.4) is 0 Å². The van der Waals surface area contributed by atoms with Gasteiger partial charge in [0.2, 0.25) is 11.8 Å². The summed E-state index contributed by atoms with van der Waals surface area (Å²) < 4.78 is 0. The molecule has 0 unspecified atom stereocenters. The maximum Gasteiger partial charge on any atom is 0.233 e. The minimum Gasteiger partial charge on any atom is -0.353 e. The number of aryl methyl sites for hydroxylation is 1. The van der Waals surface area contributed by atoms with Crippen LogP contribution in [0, 0.1) is 6.92 Å². The van der Waals surface area contributed by atoms with Crippen molar-refractivity contribution < 1.29 is 9.59 Å². The predicted octanol–water partition coefficient (Wildman–Crippen LogP) is 2.72. The monoisotopic (exact) mass is 372 g/mol. The summed E-state index contributed by atoms with van der Waals surface area (Å²) in [5.74, 6) is 0.421. The number of nitrogens with zero attached hydrogens (tertiary/aromatic N) is 3. The molecule has 0 aliphatic carbocycles. The lowest BCUT2D eigenvalue weighted by Crippen LogP contribution is -2.49.